The topological polar surface area (TPSA) is 27.7 Å². The van der Waals surface area contributed by atoms with Crippen molar-refractivity contribution in [2.24, 2.45) is 17.8 Å². The van der Waals surface area contributed by atoms with E-state index in [1.165, 1.54) is 36.5 Å². The van der Waals surface area contributed by atoms with Crippen molar-refractivity contribution < 1.29 is 13.3 Å². The maximum absolute atomic E-state index is 6.03. The van der Waals surface area contributed by atoms with E-state index in [1.54, 1.807) is 0 Å². The van der Waals surface area contributed by atoms with Gasteiger partial charge in [0.1, 0.15) is 0 Å². The monoisotopic (exact) mass is 382 g/mol. The van der Waals surface area contributed by atoms with Crippen LogP contribution in [0.2, 0.25) is 6.04 Å². The molecule has 0 N–H and O–H groups in total. The summed E-state index contributed by atoms with van der Waals surface area (Å²) in [5.41, 5.74) is 7.07. The molecule has 0 spiro atoms. The minimum Gasteiger partial charge on any atom is -0.380 e. The second-order valence-corrected chi connectivity index (χ2v) is 11.2. The third kappa shape index (κ3) is 7.33. The smallest absolute Gasteiger partial charge is 0.242 e. The Morgan fingerprint density at radius 1 is 1.00 bits per heavy atom. The minimum atomic E-state index is -0.683. The fourth-order valence-electron chi connectivity index (χ4n) is 3.48. The Labute approximate surface area is 154 Å². The van der Waals surface area contributed by atoms with E-state index in [1.807, 2.05) is 0 Å². The van der Waals surface area contributed by atoms with Crippen LogP contribution in [-0.2, 0) is 13.3 Å². The summed E-state index contributed by atoms with van der Waals surface area (Å²) < 4.78 is 17.8. The van der Waals surface area contributed by atoms with Crippen molar-refractivity contribution in [1.29, 1.82) is 0 Å². The van der Waals surface area contributed by atoms with E-state index >= 15 is 0 Å². The Hall–Kier alpha value is -0.249. The van der Waals surface area contributed by atoms with Crippen LogP contribution in [0.4, 0.5) is 0 Å². The van der Waals surface area contributed by atoms with E-state index in [0.29, 0.717) is 0 Å². The van der Waals surface area contributed by atoms with Crippen LogP contribution in [0, 0.1) is 17.8 Å². The molecule has 1 fully saturated rings. The highest BCUT2D eigenvalue weighted by atomic mass is 28.2. The van der Waals surface area contributed by atoms with Crippen molar-refractivity contribution in [3.63, 3.8) is 0 Å². The second kappa shape index (κ2) is 10.7. The third-order valence-electron chi connectivity index (χ3n) is 4.84. The Morgan fingerprint density at radius 3 is 2.17 bits per heavy atom. The molecule has 6 heteroatoms. The lowest BCUT2D eigenvalue weighted by atomic mass is 9.91. The lowest BCUT2D eigenvalue weighted by Crippen LogP contribution is -2.26. The van der Waals surface area contributed by atoms with E-state index in [4.69, 9.17) is 13.3 Å². The number of hydrogen-bond acceptors (Lipinski definition) is 3. The molecule has 3 unspecified atom stereocenters. The van der Waals surface area contributed by atoms with Crippen LogP contribution in [-0.4, -0.2) is 35.8 Å². The molecule has 3 nitrogen and oxygen atoms in total. The van der Waals surface area contributed by atoms with Crippen LogP contribution in [0.3, 0.4) is 0 Å². The van der Waals surface area contributed by atoms with Gasteiger partial charge < -0.3 is 13.3 Å². The summed E-state index contributed by atoms with van der Waals surface area (Å²) in [6.45, 7) is 8.07. The average Bonchev–Trinajstić information content (AvgIpc) is 3.13. The molecule has 2 aliphatic rings. The Balaban J connectivity index is 1.65. The molecule has 1 saturated carbocycles. The van der Waals surface area contributed by atoms with Crippen LogP contribution < -0.4 is 0 Å². The van der Waals surface area contributed by atoms with Crippen LogP contribution in [0.5, 0.6) is 0 Å². The van der Waals surface area contributed by atoms with Crippen molar-refractivity contribution in [3.05, 3.63) is 34.7 Å². The van der Waals surface area contributed by atoms with Gasteiger partial charge in [-0.25, -0.2) is 0 Å². The molecular formula is C18H34O3Si3. The molecule has 0 aromatic carbocycles. The molecule has 2 rings (SSSR count). The quantitative estimate of drug-likeness (QED) is 0.238. The summed E-state index contributed by atoms with van der Waals surface area (Å²) in [5, 5.41) is 0. The summed E-state index contributed by atoms with van der Waals surface area (Å²) in [4.78, 5) is 0. The van der Waals surface area contributed by atoms with E-state index in [-0.39, 0.29) is 6.48 Å². The first kappa shape index (κ1) is 20.1. The fourth-order valence-corrected chi connectivity index (χ4v) is 6.86. The lowest BCUT2D eigenvalue weighted by molar-refractivity contribution is -0.139. The van der Waals surface area contributed by atoms with Gasteiger partial charge in [-0.15, -0.1) is 0 Å². The number of allylic oxidation sites excluding steroid dienone is 4. The molecule has 24 heavy (non-hydrogen) atoms. The Morgan fingerprint density at radius 2 is 1.67 bits per heavy atom. The highest BCUT2D eigenvalue weighted by molar-refractivity contribution is 6.36. The summed E-state index contributed by atoms with van der Waals surface area (Å²) in [6, 6.07) is 1.25. The summed E-state index contributed by atoms with van der Waals surface area (Å²) in [5.74, 6) is 2.66. The molecular weight excluding hydrogens is 348 g/mol. The Kier molecular flexibility index (Phi) is 8.93. The van der Waals surface area contributed by atoms with E-state index in [2.05, 4.69) is 51.2 Å². The van der Waals surface area contributed by atoms with Crippen molar-refractivity contribution in [2.75, 3.05) is 0 Å². The summed E-state index contributed by atoms with van der Waals surface area (Å²) in [7, 11) is -1.92. The molecule has 2 aliphatic carbocycles. The van der Waals surface area contributed by atoms with E-state index in [0.717, 1.165) is 17.8 Å². The number of rotatable bonds is 11. The normalized spacial score (nSPS) is 27.2. The highest BCUT2D eigenvalue weighted by Gasteiger charge is 2.34. The molecule has 3 atom stereocenters. The predicted molar refractivity (Wildman–Crippen MR) is 110 cm³/mol. The summed E-state index contributed by atoms with van der Waals surface area (Å²) >= 11 is 0. The molecule has 0 aromatic rings. The van der Waals surface area contributed by atoms with Gasteiger partial charge in [0.05, 0.1) is 0 Å². The van der Waals surface area contributed by atoms with Crippen molar-refractivity contribution >= 4 is 29.3 Å². The highest BCUT2D eigenvalue weighted by Crippen LogP contribution is 2.45. The molecule has 2 bridgehead atoms. The second-order valence-electron chi connectivity index (χ2n) is 7.57. The maximum atomic E-state index is 6.03. The van der Waals surface area contributed by atoms with Crippen molar-refractivity contribution in [3.8, 4) is 0 Å². The number of hydrogen-bond donors (Lipinski definition) is 0. The van der Waals surface area contributed by atoms with E-state index in [9.17, 15) is 0 Å². The zero-order valence-corrected chi connectivity index (χ0v) is 20.0. The third-order valence-corrected chi connectivity index (χ3v) is 8.94. The molecule has 0 amide bonds. The van der Waals surface area contributed by atoms with Gasteiger partial charge in [-0.3, -0.25) is 0 Å². The van der Waals surface area contributed by atoms with Gasteiger partial charge in [-0.2, -0.15) is 0 Å². The fraction of sp³-hybridized carbons (Fsp3) is 0.667. The summed E-state index contributed by atoms with van der Waals surface area (Å²) in [6.07, 6.45) is 9.03. The van der Waals surface area contributed by atoms with Gasteiger partial charge in [0.2, 0.25) is 6.48 Å². The van der Waals surface area contributed by atoms with Gasteiger partial charge in [0.25, 0.3) is 0 Å². The van der Waals surface area contributed by atoms with Gasteiger partial charge >= 0.3 is 0 Å². The van der Waals surface area contributed by atoms with Crippen LogP contribution >= 0.6 is 0 Å². The first-order chi connectivity index (χ1) is 11.5. The lowest BCUT2D eigenvalue weighted by Gasteiger charge is -2.21. The van der Waals surface area contributed by atoms with Gasteiger partial charge in [0, 0.05) is 0 Å². The maximum Gasteiger partial charge on any atom is 0.242 e. The van der Waals surface area contributed by atoms with Crippen molar-refractivity contribution in [2.45, 2.75) is 59.5 Å². The molecule has 136 valence electrons. The predicted octanol–water partition coefficient (Wildman–Crippen LogP) is 2.44. The van der Waals surface area contributed by atoms with Crippen molar-refractivity contribution in [1.82, 2.24) is 0 Å². The molecule has 0 aromatic heterocycles. The standard InChI is InChI=1S/C18H34O3Si3/c1-13(2)11-23-20-18(21-24-12-14(3)4)19-22-8-7-17-10-15-5-6-16(17)9-15/h5-6,11-12,15-18H,7-10,22-24H2,1-4H3. The van der Waals surface area contributed by atoms with Gasteiger partial charge in [0.15, 0.2) is 29.3 Å². The zero-order valence-electron chi connectivity index (χ0n) is 15.8. The average molecular weight is 383 g/mol. The van der Waals surface area contributed by atoms with Crippen LogP contribution in [0.15, 0.2) is 34.7 Å². The number of fused-ring (bicyclic) bond motifs is 2. The Bertz CT molecular complexity index is 446. The molecule has 0 radical (unpaired) electrons. The first-order valence-corrected chi connectivity index (χ1v) is 13.7. The van der Waals surface area contributed by atoms with Gasteiger partial charge in [-0.1, -0.05) is 41.1 Å². The molecule has 0 heterocycles. The van der Waals surface area contributed by atoms with Crippen LogP contribution in [0.25, 0.3) is 0 Å². The molecule has 0 aliphatic heterocycles. The molecule has 0 saturated heterocycles. The van der Waals surface area contributed by atoms with E-state index < -0.39 is 29.3 Å². The minimum absolute atomic E-state index is 0.388. The first-order valence-electron chi connectivity index (χ1n) is 9.34. The SMILES string of the molecule is CC(C)=C[SiH2]OC(O[SiH2]C=C(C)C)O[SiH2]CCC1CC2C=CC1C2. The largest absolute Gasteiger partial charge is 0.380 e. The van der Waals surface area contributed by atoms with Gasteiger partial charge in [-0.05, 0) is 64.3 Å². The van der Waals surface area contributed by atoms with Crippen LogP contribution in [0.1, 0.15) is 47.0 Å². The zero-order chi connectivity index (χ0) is 17.4.